The maximum absolute atomic E-state index is 12.2. The number of amides is 1. The van der Waals surface area contributed by atoms with Crippen molar-refractivity contribution in [2.45, 2.75) is 32.0 Å². The second-order valence-electron chi connectivity index (χ2n) is 3.95. The molecule has 0 radical (unpaired) electrons. The Morgan fingerprint density at radius 1 is 1.53 bits per heavy atom. The number of nitrogens with one attached hydrogen (secondary N) is 1. The van der Waals surface area contributed by atoms with Crippen LogP contribution in [-0.4, -0.2) is 24.7 Å². The van der Waals surface area contributed by atoms with Crippen molar-refractivity contribution in [2.75, 3.05) is 6.54 Å². The molecule has 1 amide bonds. The van der Waals surface area contributed by atoms with Crippen molar-refractivity contribution in [1.82, 2.24) is 5.32 Å². The summed E-state index contributed by atoms with van der Waals surface area (Å²) in [4.78, 5) is 11.2. The van der Waals surface area contributed by atoms with Crippen LogP contribution in [0.4, 0.5) is 13.2 Å². The van der Waals surface area contributed by atoms with E-state index in [-0.39, 0.29) is 18.5 Å². The molecule has 1 aliphatic carbocycles. The third-order valence-electron chi connectivity index (χ3n) is 2.66. The molecule has 1 saturated carbocycles. The molecule has 15 heavy (non-hydrogen) atoms. The van der Waals surface area contributed by atoms with Crippen LogP contribution in [-0.2, 0) is 4.79 Å². The molecule has 0 heterocycles. The standard InChI is InChI=1S/C9H15F3N2O/c1-5(9(10,11)12)8(15)14-7(4-13)6-2-3-6/h5-7H,2-4,13H2,1H3,(H,14,15). The predicted molar refractivity (Wildman–Crippen MR) is 48.9 cm³/mol. The molecule has 0 aromatic heterocycles. The van der Waals surface area contributed by atoms with Gasteiger partial charge in [0.05, 0.1) is 0 Å². The average Bonchev–Trinajstić information content (AvgIpc) is 2.94. The van der Waals surface area contributed by atoms with Crippen LogP contribution in [0, 0.1) is 11.8 Å². The highest BCUT2D eigenvalue weighted by Crippen LogP contribution is 2.33. The van der Waals surface area contributed by atoms with Crippen LogP contribution in [0.15, 0.2) is 0 Å². The van der Waals surface area contributed by atoms with Crippen LogP contribution in [0.2, 0.25) is 0 Å². The van der Waals surface area contributed by atoms with E-state index < -0.39 is 18.0 Å². The van der Waals surface area contributed by atoms with Gasteiger partial charge in [-0.1, -0.05) is 0 Å². The number of rotatable bonds is 4. The molecule has 0 aromatic rings. The first-order chi connectivity index (χ1) is 6.86. The maximum atomic E-state index is 12.2. The lowest BCUT2D eigenvalue weighted by molar-refractivity contribution is -0.179. The first-order valence-corrected chi connectivity index (χ1v) is 4.93. The Bertz CT molecular complexity index is 238. The van der Waals surface area contributed by atoms with Crippen molar-refractivity contribution in [2.24, 2.45) is 17.6 Å². The fourth-order valence-electron chi connectivity index (χ4n) is 1.32. The van der Waals surface area contributed by atoms with E-state index >= 15 is 0 Å². The lowest BCUT2D eigenvalue weighted by atomic mass is 10.1. The van der Waals surface area contributed by atoms with E-state index in [2.05, 4.69) is 5.32 Å². The van der Waals surface area contributed by atoms with Gasteiger partial charge in [0.1, 0.15) is 5.92 Å². The largest absolute Gasteiger partial charge is 0.400 e. The van der Waals surface area contributed by atoms with Crippen LogP contribution in [0.3, 0.4) is 0 Å². The van der Waals surface area contributed by atoms with Crippen molar-refractivity contribution in [1.29, 1.82) is 0 Å². The highest BCUT2D eigenvalue weighted by Gasteiger charge is 2.42. The molecule has 0 aliphatic heterocycles. The Morgan fingerprint density at radius 2 is 2.07 bits per heavy atom. The van der Waals surface area contributed by atoms with Crippen molar-refractivity contribution < 1.29 is 18.0 Å². The number of hydrogen-bond donors (Lipinski definition) is 2. The van der Waals surface area contributed by atoms with E-state index in [4.69, 9.17) is 5.73 Å². The first-order valence-electron chi connectivity index (χ1n) is 4.93. The zero-order valence-electron chi connectivity index (χ0n) is 8.47. The third-order valence-corrected chi connectivity index (χ3v) is 2.66. The van der Waals surface area contributed by atoms with Gasteiger partial charge in [0.2, 0.25) is 5.91 Å². The van der Waals surface area contributed by atoms with Gasteiger partial charge in [-0.15, -0.1) is 0 Å². The highest BCUT2D eigenvalue weighted by molar-refractivity contribution is 5.79. The summed E-state index contributed by atoms with van der Waals surface area (Å²) in [5.74, 6) is -2.69. The summed E-state index contributed by atoms with van der Waals surface area (Å²) in [5, 5.41) is 2.35. The molecule has 2 atom stereocenters. The molecule has 88 valence electrons. The normalized spacial score (nSPS) is 20.9. The smallest absolute Gasteiger partial charge is 0.351 e. The molecule has 0 bridgehead atoms. The summed E-state index contributed by atoms with van der Waals surface area (Å²) < 4.78 is 36.5. The van der Waals surface area contributed by atoms with Gasteiger partial charge < -0.3 is 11.1 Å². The van der Waals surface area contributed by atoms with Gasteiger partial charge in [-0.3, -0.25) is 4.79 Å². The monoisotopic (exact) mass is 224 g/mol. The van der Waals surface area contributed by atoms with Gasteiger partial charge in [-0.2, -0.15) is 13.2 Å². The minimum Gasteiger partial charge on any atom is -0.351 e. The van der Waals surface area contributed by atoms with Crippen molar-refractivity contribution in [3.8, 4) is 0 Å². The van der Waals surface area contributed by atoms with Gasteiger partial charge in [0, 0.05) is 12.6 Å². The van der Waals surface area contributed by atoms with Gasteiger partial charge in [0.15, 0.2) is 0 Å². The summed E-state index contributed by atoms with van der Waals surface area (Å²) in [6.45, 7) is 1.05. The Hall–Kier alpha value is -0.780. The molecular weight excluding hydrogens is 209 g/mol. The molecule has 1 aliphatic rings. The lowest BCUT2D eigenvalue weighted by Crippen LogP contribution is -2.46. The zero-order valence-corrected chi connectivity index (χ0v) is 8.47. The Kier molecular flexibility index (Phi) is 3.59. The highest BCUT2D eigenvalue weighted by atomic mass is 19.4. The summed E-state index contributed by atoms with van der Waals surface area (Å²) in [5.41, 5.74) is 5.38. The number of halogens is 3. The summed E-state index contributed by atoms with van der Waals surface area (Å²) in [6.07, 6.45) is -2.61. The van der Waals surface area contributed by atoms with Gasteiger partial charge in [-0.05, 0) is 25.7 Å². The van der Waals surface area contributed by atoms with Crippen LogP contribution in [0.5, 0.6) is 0 Å². The minimum absolute atomic E-state index is 0.195. The lowest BCUT2D eigenvalue weighted by Gasteiger charge is -2.20. The zero-order chi connectivity index (χ0) is 11.6. The van der Waals surface area contributed by atoms with Crippen LogP contribution in [0.1, 0.15) is 19.8 Å². The quantitative estimate of drug-likeness (QED) is 0.749. The molecule has 1 rings (SSSR count). The van der Waals surface area contributed by atoms with Gasteiger partial charge in [0.25, 0.3) is 0 Å². The van der Waals surface area contributed by atoms with E-state index in [0.717, 1.165) is 19.8 Å². The predicted octanol–water partition coefficient (Wildman–Crippen LogP) is 1.04. The number of carbonyl (C=O) groups is 1. The fourth-order valence-corrected chi connectivity index (χ4v) is 1.32. The third kappa shape index (κ3) is 3.37. The number of nitrogens with two attached hydrogens (primary N) is 1. The molecule has 0 saturated heterocycles. The molecule has 3 nitrogen and oxygen atoms in total. The van der Waals surface area contributed by atoms with Gasteiger partial charge >= 0.3 is 6.18 Å². The van der Waals surface area contributed by atoms with Crippen LogP contribution in [0.25, 0.3) is 0 Å². The molecular formula is C9H15F3N2O. The maximum Gasteiger partial charge on any atom is 0.400 e. The molecule has 0 aromatic carbocycles. The van der Waals surface area contributed by atoms with E-state index in [0.29, 0.717) is 0 Å². The SMILES string of the molecule is CC(C(=O)NC(CN)C1CC1)C(F)(F)F. The molecule has 0 spiro atoms. The fraction of sp³-hybridized carbons (Fsp3) is 0.889. The number of alkyl halides is 3. The molecule has 1 fully saturated rings. The minimum atomic E-state index is -4.48. The summed E-state index contributed by atoms with van der Waals surface area (Å²) in [7, 11) is 0. The van der Waals surface area contributed by atoms with E-state index in [1.807, 2.05) is 0 Å². The van der Waals surface area contributed by atoms with Crippen molar-refractivity contribution in [3.63, 3.8) is 0 Å². The number of carbonyl (C=O) groups excluding carboxylic acids is 1. The molecule has 3 N–H and O–H groups in total. The van der Waals surface area contributed by atoms with Crippen LogP contribution >= 0.6 is 0 Å². The first kappa shape index (κ1) is 12.3. The topological polar surface area (TPSA) is 55.1 Å². The molecule has 2 unspecified atom stereocenters. The average molecular weight is 224 g/mol. The second-order valence-corrected chi connectivity index (χ2v) is 3.95. The molecule has 6 heteroatoms. The van der Waals surface area contributed by atoms with E-state index in [1.54, 1.807) is 0 Å². The Labute approximate surface area is 86.2 Å². The summed E-state index contributed by atoms with van der Waals surface area (Å²) in [6, 6.07) is -0.303. The second kappa shape index (κ2) is 4.38. The van der Waals surface area contributed by atoms with Crippen molar-refractivity contribution in [3.05, 3.63) is 0 Å². The Morgan fingerprint density at radius 3 is 2.40 bits per heavy atom. The van der Waals surface area contributed by atoms with Crippen molar-refractivity contribution >= 4 is 5.91 Å². The number of hydrogen-bond acceptors (Lipinski definition) is 2. The van der Waals surface area contributed by atoms with Crippen LogP contribution < -0.4 is 11.1 Å². The summed E-state index contributed by atoms with van der Waals surface area (Å²) >= 11 is 0. The van der Waals surface area contributed by atoms with E-state index in [1.165, 1.54) is 0 Å². The Balaban J connectivity index is 2.46. The van der Waals surface area contributed by atoms with E-state index in [9.17, 15) is 18.0 Å². The van der Waals surface area contributed by atoms with Gasteiger partial charge in [-0.25, -0.2) is 0 Å².